The topological polar surface area (TPSA) is 89.8 Å². The van der Waals surface area contributed by atoms with Gasteiger partial charge in [-0.05, 0) is 90.3 Å². The molecule has 1 aliphatic carbocycles. The molecule has 7 rings (SSSR count). The van der Waals surface area contributed by atoms with Gasteiger partial charge >= 0.3 is 6.01 Å². The lowest BCUT2D eigenvalue weighted by Crippen LogP contribution is -2.47. The van der Waals surface area contributed by atoms with E-state index >= 15 is 0 Å². The van der Waals surface area contributed by atoms with Crippen LogP contribution >= 0.6 is 27.5 Å². The summed E-state index contributed by atoms with van der Waals surface area (Å²) < 4.78 is 35.2. The van der Waals surface area contributed by atoms with Crippen molar-refractivity contribution in [3.05, 3.63) is 44.8 Å². The maximum atomic E-state index is 6.86. The Hall–Kier alpha value is -1.60. The van der Waals surface area contributed by atoms with Crippen molar-refractivity contribution in [2.75, 3.05) is 19.8 Å². The van der Waals surface area contributed by atoms with Crippen molar-refractivity contribution in [2.45, 2.75) is 114 Å². The minimum absolute atomic E-state index is 0.102. The van der Waals surface area contributed by atoms with Gasteiger partial charge in [0.15, 0.2) is 20.1 Å². The number of aromatic nitrogens is 4. The number of aryl methyl sites for hydroxylation is 1. The molecule has 4 aliphatic rings. The molecule has 0 radical (unpaired) electrons. The molecule has 238 valence electrons. The second-order valence-electron chi connectivity index (χ2n) is 14.2. The molecule has 44 heavy (non-hydrogen) atoms. The predicted octanol–water partition coefficient (Wildman–Crippen LogP) is 7.15. The van der Waals surface area contributed by atoms with Gasteiger partial charge in [0, 0.05) is 28.9 Å². The monoisotopic (exact) mass is 704 g/mol. The Kier molecular flexibility index (Phi) is 8.38. The first kappa shape index (κ1) is 31.0. The van der Waals surface area contributed by atoms with Gasteiger partial charge < -0.3 is 23.4 Å². The highest BCUT2D eigenvalue weighted by Crippen LogP contribution is 2.42. The van der Waals surface area contributed by atoms with E-state index in [9.17, 15) is 0 Å². The summed E-state index contributed by atoms with van der Waals surface area (Å²) in [7, 11) is -1.99. The largest absolute Gasteiger partial charge is 0.456 e. The van der Waals surface area contributed by atoms with Crippen molar-refractivity contribution in [3.8, 4) is 6.01 Å². The molecule has 3 aromatic heterocycles. The molecule has 6 atom stereocenters. The fraction of sp³-hybridized carbons (Fsp3) is 0.656. The van der Waals surface area contributed by atoms with Crippen LogP contribution in [0, 0.1) is 0 Å². The first-order chi connectivity index (χ1) is 21.0. The Balaban J connectivity index is 1.16. The first-order valence-corrected chi connectivity index (χ1v) is 20.0. The number of ether oxygens (including phenoxy) is 4. The SMILES string of the molecule is CC(C)(C)[Si](C)(C)O[C@@H]1CO[C@H]2[C@@H]1OC[C@H]2Oc1nc2cc(Cl)c(CC3CCc4cc(Br)cnc43)nc2n1C1CCCCO1. The zero-order valence-corrected chi connectivity index (χ0v) is 29.5. The van der Waals surface area contributed by atoms with E-state index in [0.717, 1.165) is 53.6 Å². The van der Waals surface area contributed by atoms with E-state index in [1.54, 1.807) is 0 Å². The molecule has 0 bridgehead atoms. The average Bonchev–Trinajstić information content (AvgIpc) is 3.73. The molecule has 0 saturated carbocycles. The summed E-state index contributed by atoms with van der Waals surface area (Å²) in [4.78, 5) is 14.8. The van der Waals surface area contributed by atoms with Gasteiger partial charge in [0.05, 0.1) is 30.0 Å². The molecule has 0 spiro atoms. The van der Waals surface area contributed by atoms with Gasteiger partial charge in [-0.3, -0.25) is 9.55 Å². The third kappa shape index (κ3) is 5.75. The molecule has 0 N–H and O–H groups in total. The summed E-state index contributed by atoms with van der Waals surface area (Å²) in [5.41, 5.74) is 4.71. The quantitative estimate of drug-likeness (QED) is 0.240. The molecule has 3 fully saturated rings. The number of hydrogen-bond donors (Lipinski definition) is 0. The molecule has 0 aromatic carbocycles. The number of nitrogens with zero attached hydrogens (tertiary/aromatic N) is 4. The normalized spacial score (nSPS) is 28.9. The highest BCUT2D eigenvalue weighted by molar-refractivity contribution is 9.10. The minimum Gasteiger partial charge on any atom is -0.456 e. The molecular formula is C32H42BrClN4O5Si. The van der Waals surface area contributed by atoms with Gasteiger partial charge in [-0.25, -0.2) is 4.98 Å². The van der Waals surface area contributed by atoms with Crippen molar-refractivity contribution in [2.24, 2.45) is 0 Å². The van der Waals surface area contributed by atoms with Crippen LogP contribution in [-0.2, 0) is 31.5 Å². The maximum absolute atomic E-state index is 6.86. The van der Waals surface area contributed by atoms with Crippen LogP contribution in [0.1, 0.15) is 75.6 Å². The first-order valence-electron chi connectivity index (χ1n) is 15.9. The molecule has 3 saturated heterocycles. The standard InChI is InChI=1S/C32H42BrClN4O5Si/c1-32(2,3)44(4,5)43-25-17-41-28-24(16-40-29(25)28)42-31-37-23-14-21(34)22(36-30(23)38(31)26-8-6-7-11-39-26)13-19-10-9-18-12-20(33)15-35-27(18)19/h12,14-15,19,24-26,28-29H,6-11,13,16-17H2,1-5H3/t19?,24-,25-,26?,28-,29-/m1/s1. The fourth-order valence-corrected chi connectivity index (χ4v) is 8.62. The van der Waals surface area contributed by atoms with Gasteiger partial charge in [0.1, 0.15) is 24.0 Å². The Morgan fingerprint density at radius 2 is 1.82 bits per heavy atom. The van der Waals surface area contributed by atoms with Crippen molar-refractivity contribution >= 4 is 47.0 Å². The van der Waals surface area contributed by atoms with Gasteiger partial charge in [-0.1, -0.05) is 32.4 Å². The number of halogens is 2. The zero-order chi connectivity index (χ0) is 30.8. The van der Waals surface area contributed by atoms with Crippen LogP contribution < -0.4 is 4.74 Å². The van der Waals surface area contributed by atoms with Crippen LogP contribution in [0.4, 0.5) is 0 Å². The Bertz CT molecular complexity index is 1540. The van der Waals surface area contributed by atoms with Crippen LogP contribution in [-0.4, -0.2) is 72.1 Å². The second kappa shape index (κ2) is 11.9. The molecule has 3 aliphatic heterocycles. The summed E-state index contributed by atoms with van der Waals surface area (Å²) in [6, 6.07) is 4.56. The highest BCUT2D eigenvalue weighted by atomic mass is 79.9. The van der Waals surface area contributed by atoms with Crippen LogP contribution in [0.25, 0.3) is 11.2 Å². The van der Waals surface area contributed by atoms with E-state index in [0.29, 0.717) is 42.8 Å². The van der Waals surface area contributed by atoms with Gasteiger partial charge in [-0.2, -0.15) is 4.98 Å². The van der Waals surface area contributed by atoms with Crippen molar-refractivity contribution in [3.63, 3.8) is 0 Å². The number of imidazole rings is 1. The fourth-order valence-electron chi connectivity index (χ4n) is 6.71. The molecule has 9 nitrogen and oxygen atoms in total. The Labute approximate surface area is 273 Å². The molecular weight excluding hydrogens is 664 g/mol. The maximum Gasteiger partial charge on any atom is 0.301 e. The molecule has 2 unspecified atom stereocenters. The van der Waals surface area contributed by atoms with Crippen LogP contribution in [0.2, 0.25) is 23.2 Å². The number of pyridine rings is 2. The molecule has 0 amide bonds. The summed E-state index contributed by atoms with van der Waals surface area (Å²) in [6.45, 7) is 12.9. The predicted molar refractivity (Wildman–Crippen MR) is 174 cm³/mol. The molecule has 6 heterocycles. The van der Waals surface area contributed by atoms with E-state index in [1.165, 1.54) is 5.56 Å². The van der Waals surface area contributed by atoms with Crippen molar-refractivity contribution in [1.29, 1.82) is 0 Å². The third-order valence-electron chi connectivity index (χ3n) is 10.1. The van der Waals surface area contributed by atoms with Crippen LogP contribution in [0.3, 0.4) is 0 Å². The lowest BCUT2D eigenvalue weighted by atomic mass is 10.00. The van der Waals surface area contributed by atoms with E-state index in [-0.39, 0.29) is 41.6 Å². The van der Waals surface area contributed by atoms with Crippen molar-refractivity contribution in [1.82, 2.24) is 19.5 Å². The Morgan fingerprint density at radius 3 is 2.57 bits per heavy atom. The third-order valence-corrected chi connectivity index (χ3v) is 15.4. The van der Waals surface area contributed by atoms with Gasteiger partial charge in [0.2, 0.25) is 0 Å². The smallest absolute Gasteiger partial charge is 0.301 e. The zero-order valence-electron chi connectivity index (χ0n) is 26.1. The molecule has 3 aromatic rings. The number of rotatable bonds is 7. The lowest BCUT2D eigenvalue weighted by molar-refractivity contribution is -0.0406. The highest BCUT2D eigenvalue weighted by Gasteiger charge is 2.52. The van der Waals surface area contributed by atoms with E-state index in [1.807, 2.05) is 16.8 Å². The summed E-state index contributed by atoms with van der Waals surface area (Å²) in [5.74, 6) is 0.271. The van der Waals surface area contributed by atoms with Gasteiger partial charge in [-0.15, -0.1) is 0 Å². The van der Waals surface area contributed by atoms with Crippen LogP contribution in [0.15, 0.2) is 22.8 Å². The summed E-state index contributed by atoms with van der Waals surface area (Å²) in [6.07, 6.45) is 6.57. The molecule has 12 heteroatoms. The minimum atomic E-state index is -1.99. The number of hydrogen-bond acceptors (Lipinski definition) is 8. The van der Waals surface area contributed by atoms with Crippen molar-refractivity contribution < 1.29 is 23.4 Å². The van der Waals surface area contributed by atoms with Gasteiger partial charge in [0.25, 0.3) is 0 Å². The second-order valence-corrected chi connectivity index (χ2v) is 20.2. The summed E-state index contributed by atoms with van der Waals surface area (Å²) in [5, 5.41) is 0.713. The Morgan fingerprint density at radius 1 is 1.05 bits per heavy atom. The number of fused-ring (bicyclic) bond motifs is 3. The lowest BCUT2D eigenvalue weighted by Gasteiger charge is -2.39. The van der Waals surface area contributed by atoms with E-state index < -0.39 is 8.32 Å². The van der Waals surface area contributed by atoms with E-state index in [2.05, 4.69) is 55.9 Å². The average molecular weight is 706 g/mol. The van der Waals surface area contributed by atoms with Crippen LogP contribution in [0.5, 0.6) is 6.01 Å². The van der Waals surface area contributed by atoms with E-state index in [4.69, 9.17) is 49.9 Å². The summed E-state index contributed by atoms with van der Waals surface area (Å²) >= 11 is 10.4.